The number of nitrogens with zero attached hydrogens (tertiary/aromatic N) is 2. The maximum Gasteiger partial charge on any atom is 0.326 e. The van der Waals surface area contributed by atoms with Crippen LogP contribution >= 0.6 is 0 Å². The van der Waals surface area contributed by atoms with Crippen LogP contribution in [0.5, 0.6) is 0 Å². The van der Waals surface area contributed by atoms with Crippen molar-refractivity contribution in [2.75, 3.05) is 5.32 Å². The van der Waals surface area contributed by atoms with Gasteiger partial charge in [0, 0.05) is 6.20 Å². The number of aromatic nitrogens is 2. The molecule has 0 aliphatic heterocycles. The lowest BCUT2D eigenvalue weighted by Gasteiger charge is -2.11. The van der Waals surface area contributed by atoms with Crippen molar-refractivity contribution < 1.29 is 9.90 Å². The SMILES string of the molecule is CCC(Nc1cccnn1)C(=O)O. The molecule has 5 nitrogen and oxygen atoms in total. The summed E-state index contributed by atoms with van der Waals surface area (Å²) in [6, 6.07) is 2.78. The van der Waals surface area contributed by atoms with Gasteiger partial charge >= 0.3 is 5.97 Å². The number of carboxylic acid groups (broad SMARTS) is 1. The highest BCUT2D eigenvalue weighted by molar-refractivity contribution is 5.76. The summed E-state index contributed by atoms with van der Waals surface area (Å²) in [6.07, 6.45) is 2.04. The molecule has 1 aromatic rings. The Bertz CT molecular complexity index is 276. The zero-order valence-corrected chi connectivity index (χ0v) is 7.27. The quantitative estimate of drug-likeness (QED) is 0.717. The number of rotatable bonds is 4. The fourth-order valence-electron chi connectivity index (χ4n) is 0.895. The highest BCUT2D eigenvalue weighted by Crippen LogP contribution is 2.03. The standard InChI is InChI=1S/C8H11N3O2/c1-2-6(8(12)13)10-7-4-3-5-9-11-7/h3-6H,2H2,1H3,(H,10,11)(H,12,13). The van der Waals surface area contributed by atoms with Crippen LogP contribution in [0.2, 0.25) is 0 Å². The van der Waals surface area contributed by atoms with Crippen molar-refractivity contribution in [1.82, 2.24) is 10.2 Å². The lowest BCUT2D eigenvalue weighted by molar-refractivity contribution is -0.137. The molecular weight excluding hydrogens is 170 g/mol. The summed E-state index contributed by atoms with van der Waals surface area (Å²) < 4.78 is 0. The first-order chi connectivity index (χ1) is 6.24. The molecule has 0 spiro atoms. The Balaban J connectivity index is 2.62. The van der Waals surface area contributed by atoms with Crippen LogP contribution in [-0.2, 0) is 4.79 Å². The fraction of sp³-hybridized carbons (Fsp3) is 0.375. The van der Waals surface area contributed by atoms with Gasteiger partial charge in [-0.15, -0.1) is 5.10 Å². The van der Waals surface area contributed by atoms with Crippen molar-refractivity contribution in [2.45, 2.75) is 19.4 Å². The van der Waals surface area contributed by atoms with Gasteiger partial charge < -0.3 is 10.4 Å². The van der Waals surface area contributed by atoms with Crippen LogP contribution in [0.15, 0.2) is 18.3 Å². The first-order valence-corrected chi connectivity index (χ1v) is 4.01. The van der Waals surface area contributed by atoms with Gasteiger partial charge in [0.1, 0.15) is 11.9 Å². The first-order valence-electron chi connectivity index (χ1n) is 4.01. The number of aliphatic carboxylic acids is 1. The van der Waals surface area contributed by atoms with Crippen molar-refractivity contribution >= 4 is 11.8 Å². The summed E-state index contributed by atoms with van der Waals surface area (Å²) in [6.45, 7) is 1.79. The molecule has 0 aliphatic rings. The molecule has 0 fully saturated rings. The van der Waals surface area contributed by atoms with Gasteiger partial charge in [-0.2, -0.15) is 5.10 Å². The van der Waals surface area contributed by atoms with Gasteiger partial charge in [-0.25, -0.2) is 4.79 Å². The van der Waals surface area contributed by atoms with Gasteiger partial charge in [0.25, 0.3) is 0 Å². The monoisotopic (exact) mass is 181 g/mol. The molecule has 0 aromatic carbocycles. The highest BCUT2D eigenvalue weighted by Gasteiger charge is 2.14. The predicted octanol–water partition coefficient (Wildman–Crippen LogP) is 0.752. The van der Waals surface area contributed by atoms with Gasteiger partial charge in [0.15, 0.2) is 0 Å². The minimum absolute atomic E-state index is 0.483. The highest BCUT2D eigenvalue weighted by atomic mass is 16.4. The average Bonchev–Trinajstić information content (AvgIpc) is 2.15. The number of hydrogen-bond acceptors (Lipinski definition) is 4. The van der Waals surface area contributed by atoms with Crippen molar-refractivity contribution in [2.24, 2.45) is 0 Å². The maximum atomic E-state index is 10.6. The minimum atomic E-state index is -0.881. The lowest BCUT2D eigenvalue weighted by Crippen LogP contribution is -2.28. The van der Waals surface area contributed by atoms with E-state index in [1.165, 1.54) is 6.20 Å². The average molecular weight is 181 g/mol. The largest absolute Gasteiger partial charge is 0.480 e. The van der Waals surface area contributed by atoms with E-state index >= 15 is 0 Å². The van der Waals surface area contributed by atoms with E-state index in [2.05, 4.69) is 15.5 Å². The Kier molecular flexibility index (Phi) is 3.19. The van der Waals surface area contributed by atoms with Crippen LogP contribution in [0, 0.1) is 0 Å². The van der Waals surface area contributed by atoms with E-state index in [0.29, 0.717) is 12.2 Å². The second-order valence-electron chi connectivity index (χ2n) is 2.55. The van der Waals surface area contributed by atoms with E-state index in [9.17, 15) is 4.79 Å². The third-order valence-corrected chi connectivity index (χ3v) is 1.60. The topological polar surface area (TPSA) is 75.1 Å². The van der Waals surface area contributed by atoms with Crippen molar-refractivity contribution in [3.63, 3.8) is 0 Å². The van der Waals surface area contributed by atoms with E-state index in [1.807, 2.05) is 0 Å². The third kappa shape index (κ3) is 2.70. The number of carboxylic acids is 1. The first kappa shape index (κ1) is 9.44. The molecule has 1 heterocycles. The molecule has 1 aromatic heterocycles. The molecule has 13 heavy (non-hydrogen) atoms. The van der Waals surface area contributed by atoms with Crippen molar-refractivity contribution in [3.8, 4) is 0 Å². The van der Waals surface area contributed by atoms with Crippen molar-refractivity contribution in [1.29, 1.82) is 0 Å². The molecule has 1 unspecified atom stereocenters. The molecule has 1 rings (SSSR count). The Morgan fingerprint density at radius 1 is 1.77 bits per heavy atom. The zero-order chi connectivity index (χ0) is 9.68. The van der Waals surface area contributed by atoms with Gasteiger partial charge in [0.05, 0.1) is 0 Å². The van der Waals surface area contributed by atoms with E-state index in [4.69, 9.17) is 5.11 Å². The second-order valence-corrected chi connectivity index (χ2v) is 2.55. The summed E-state index contributed by atoms with van der Waals surface area (Å²) in [4.78, 5) is 10.6. The number of hydrogen-bond donors (Lipinski definition) is 2. The second kappa shape index (κ2) is 4.39. The number of anilines is 1. The Labute approximate surface area is 75.8 Å². The van der Waals surface area contributed by atoms with Crippen LogP contribution in [0.3, 0.4) is 0 Å². The van der Waals surface area contributed by atoms with E-state index in [1.54, 1.807) is 19.1 Å². The van der Waals surface area contributed by atoms with E-state index in [-0.39, 0.29) is 0 Å². The predicted molar refractivity (Wildman–Crippen MR) is 47.4 cm³/mol. The summed E-state index contributed by atoms with van der Waals surface area (Å²) in [5.74, 6) is -0.398. The van der Waals surface area contributed by atoms with Crippen LogP contribution in [-0.4, -0.2) is 27.3 Å². The molecule has 0 aliphatic carbocycles. The van der Waals surface area contributed by atoms with Crippen LogP contribution in [0.4, 0.5) is 5.82 Å². The van der Waals surface area contributed by atoms with Gasteiger partial charge in [-0.1, -0.05) is 6.92 Å². The van der Waals surface area contributed by atoms with Crippen LogP contribution in [0.25, 0.3) is 0 Å². The Morgan fingerprint density at radius 3 is 3.00 bits per heavy atom. The molecule has 0 bridgehead atoms. The summed E-state index contributed by atoms with van der Waals surface area (Å²) in [5, 5.41) is 18.8. The van der Waals surface area contributed by atoms with Crippen LogP contribution < -0.4 is 5.32 Å². The molecule has 0 radical (unpaired) electrons. The molecule has 0 saturated heterocycles. The van der Waals surface area contributed by atoms with E-state index < -0.39 is 12.0 Å². The smallest absolute Gasteiger partial charge is 0.326 e. The van der Waals surface area contributed by atoms with Crippen LogP contribution in [0.1, 0.15) is 13.3 Å². The molecule has 0 saturated carbocycles. The molecule has 1 atom stereocenters. The summed E-state index contributed by atoms with van der Waals surface area (Å²) in [7, 11) is 0. The minimum Gasteiger partial charge on any atom is -0.480 e. The fourth-order valence-corrected chi connectivity index (χ4v) is 0.895. The third-order valence-electron chi connectivity index (χ3n) is 1.60. The normalized spacial score (nSPS) is 12.1. The molecule has 5 heteroatoms. The molecular formula is C8H11N3O2. The van der Waals surface area contributed by atoms with E-state index in [0.717, 1.165) is 0 Å². The molecule has 0 amide bonds. The molecule has 70 valence electrons. The summed E-state index contributed by atoms with van der Waals surface area (Å²) >= 11 is 0. The number of carbonyl (C=O) groups is 1. The Morgan fingerprint density at radius 2 is 2.54 bits per heavy atom. The number of nitrogens with one attached hydrogen (secondary N) is 1. The summed E-state index contributed by atoms with van der Waals surface area (Å²) in [5.41, 5.74) is 0. The zero-order valence-electron chi connectivity index (χ0n) is 7.27. The lowest BCUT2D eigenvalue weighted by atomic mass is 10.2. The Hall–Kier alpha value is -1.65. The van der Waals surface area contributed by atoms with Gasteiger partial charge in [-0.3, -0.25) is 0 Å². The van der Waals surface area contributed by atoms with Gasteiger partial charge in [0.2, 0.25) is 0 Å². The molecule has 2 N–H and O–H groups in total. The maximum absolute atomic E-state index is 10.6. The van der Waals surface area contributed by atoms with Gasteiger partial charge in [-0.05, 0) is 18.6 Å². The van der Waals surface area contributed by atoms with Crippen molar-refractivity contribution in [3.05, 3.63) is 18.3 Å².